The monoisotopic (exact) mass is 285 g/mol. The molecule has 7 nitrogen and oxygen atoms in total. The van der Waals surface area contributed by atoms with Gasteiger partial charge in [-0.05, 0) is 24.5 Å². The number of nitrogens with two attached hydrogens (primary N) is 1. The van der Waals surface area contributed by atoms with Crippen LogP contribution in [0.2, 0.25) is 0 Å². The molecule has 21 heavy (non-hydrogen) atoms. The van der Waals surface area contributed by atoms with Crippen LogP contribution in [0, 0.1) is 17.0 Å². The van der Waals surface area contributed by atoms with Gasteiger partial charge in [0.05, 0.1) is 4.92 Å². The molecule has 0 spiro atoms. The minimum atomic E-state index is -0.480. The van der Waals surface area contributed by atoms with Gasteiger partial charge in [-0.1, -0.05) is 24.3 Å². The van der Waals surface area contributed by atoms with Gasteiger partial charge in [-0.15, -0.1) is 0 Å². The molecular formula is C14H15N5O2. The van der Waals surface area contributed by atoms with E-state index in [1.807, 2.05) is 12.1 Å². The molecule has 2 aromatic rings. The highest BCUT2D eigenvalue weighted by Gasteiger charge is 2.27. The number of nitro groups is 1. The first-order chi connectivity index (χ1) is 10.1. The highest BCUT2D eigenvalue weighted by molar-refractivity contribution is 5.60. The zero-order chi connectivity index (χ0) is 15.0. The molecule has 7 heteroatoms. The highest BCUT2D eigenvalue weighted by atomic mass is 16.6. The van der Waals surface area contributed by atoms with Crippen LogP contribution in [0.1, 0.15) is 22.7 Å². The van der Waals surface area contributed by atoms with Crippen LogP contribution >= 0.6 is 0 Å². The molecule has 0 bridgehead atoms. The molecule has 3 rings (SSSR count). The van der Waals surface area contributed by atoms with E-state index >= 15 is 0 Å². The topological polar surface area (TPSA) is 107 Å². The maximum Gasteiger partial charge on any atom is 0.332 e. The Kier molecular flexibility index (Phi) is 3.17. The lowest BCUT2D eigenvalue weighted by Crippen LogP contribution is -2.25. The summed E-state index contributed by atoms with van der Waals surface area (Å²) in [6.07, 6.45) is 0.969. The number of nitrogen functional groups attached to an aromatic ring is 1. The van der Waals surface area contributed by atoms with Gasteiger partial charge in [0.1, 0.15) is 5.69 Å². The first-order valence-corrected chi connectivity index (χ1v) is 6.66. The van der Waals surface area contributed by atoms with Crippen LogP contribution in [-0.4, -0.2) is 21.4 Å². The van der Waals surface area contributed by atoms with Gasteiger partial charge < -0.3 is 11.1 Å². The summed E-state index contributed by atoms with van der Waals surface area (Å²) in [5.74, 6) is 0.571. The second-order valence-electron chi connectivity index (χ2n) is 5.10. The number of fused-ring (bicyclic) bond motifs is 1. The lowest BCUT2D eigenvalue weighted by molar-refractivity contribution is -0.385. The van der Waals surface area contributed by atoms with Crippen LogP contribution in [-0.2, 0) is 6.42 Å². The molecule has 3 N–H and O–H groups in total. The first kappa shape index (κ1) is 13.3. The van der Waals surface area contributed by atoms with Crippen molar-refractivity contribution in [3.63, 3.8) is 0 Å². The maximum absolute atomic E-state index is 11.1. The molecule has 0 fully saturated rings. The molecule has 0 amide bonds. The van der Waals surface area contributed by atoms with E-state index in [1.54, 1.807) is 6.92 Å². The van der Waals surface area contributed by atoms with Crippen molar-refractivity contribution in [2.45, 2.75) is 19.3 Å². The van der Waals surface area contributed by atoms with E-state index < -0.39 is 4.92 Å². The fourth-order valence-corrected chi connectivity index (χ4v) is 2.70. The normalized spacial score (nSPS) is 16.0. The standard InChI is InChI=1S/C14H15N5O2/c1-8-12(19(20)21)13(18-14(15)17-8)16-7-10-6-9-4-2-3-5-11(9)10/h2-5,10H,6-7H2,1H3,(H3,15,16,17,18). The second-order valence-corrected chi connectivity index (χ2v) is 5.10. The van der Waals surface area contributed by atoms with E-state index in [9.17, 15) is 10.1 Å². The quantitative estimate of drug-likeness (QED) is 0.657. The molecule has 1 aliphatic carbocycles. The van der Waals surface area contributed by atoms with Crippen LogP contribution in [0.3, 0.4) is 0 Å². The smallest absolute Gasteiger partial charge is 0.332 e. The summed E-state index contributed by atoms with van der Waals surface area (Å²) in [5, 5.41) is 14.2. The van der Waals surface area contributed by atoms with Gasteiger partial charge in [-0.2, -0.15) is 4.98 Å². The third kappa shape index (κ3) is 2.37. The van der Waals surface area contributed by atoms with Crippen molar-refractivity contribution in [2.24, 2.45) is 0 Å². The number of nitrogens with one attached hydrogen (secondary N) is 1. The van der Waals surface area contributed by atoms with Crippen LogP contribution in [0.4, 0.5) is 17.5 Å². The summed E-state index contributed by atoms with van der Waals surface area (Å²) in [6.45, 7) is 2.15. The number of benzene rings is 1. The first-order valence-electron chi connectivity index (χ1n) is 6.66. The Bertz CT molecular complexity index is 717. The Morgan fingerprint density at radius 2 is 2.19 bits per heavy atom. The third-order valence-electron chi connectivity index (χ3n) is 3.74. The van der Waals surface area contributed by atoms with E-state index in [-0.39, 0.29) is 23.1 Å². The predicted octanol–water partition coefficient (Wildman–Crippen LogP) is 2.03. The Morgan fingerprint density at radius 3 is 2.90 bits per heavy atom. The molecule has 1 aliphatic rings. The van der Waals surface area contributed by atoms with Crippen molar-refractivity contribution in [3.8, 4) is 0 Å². The summed E-state index contributed by atoms with van der Waals surface area (Å²) < 4.78 is 0. The van der Waals surface area contributed by atoms with Gasteiger partial charge >= 0.3 is 5.69 Å². The van der Waals surface area contributed by atoms with Crippen LogP contribution in [0.5, 0.6) is 0 Å². The Labute approximate surface area is 121 Å². The maximum atomic E-state index is 11.1. The minimum absolute atomic E-state index is 0.0367. The Morgan fingerprint density at radius 1 is 1.43 bits per heavy atom. The van der Waals surface area contributed by atoms with Crippen molar-refractivity contribution < 1.29 is 4.92 Å². The van der Waals surface area contributed by atoms with Gasteiger partial charge in [0.25, 0.3) is 0 Å². The molecule has 0 radical (unpaired) electrons. The van der Waals surface area contributed by atoms with Gasteiger partial charge in [0.15, 0.2) is 0 Å². The van der Waals surface area contributed by atoms with E-state index in [2.05, 4.69) is 27.4 Å². The molecule has 0 aliphatic heterocycles. The summed E-state index contributed by atoms with van der Waals surface area (Å²) in [5.41, 5.74) is 8.34. The fourth-order valence-electron chi connectivity index (χ4n) is 2.70. The number of nitrogens with zero attached hydrogens (tertiary/aromatic N) is 3. The van der Waals surface area contributed by atoms with Crippen LogP contribution < -0.4 is 11.1 Å². The lowest BCUT2D eigenvalue weighted by Gasteiger charge is -2.30. The van der Waals surface area contributed by atoms with Crippen molar-refractivity contribution in [1.82, 2.24) is 9.97 Å². The molecule has 108 valence electrons. The zero-order valence-electron chi connectivity index (χ0n) is 11.5. The van der Waals surface area contributed by atoms with E-state index in [0.717, 1.165) is 6.42 Å². The van der Waals surface area contributed by atoms with Gasteiger partial charge in [-0.25, -0.2) is 4.98 Å². The molecule has 1 atom stereocenters. The molecule has 0 saturated heterocycles. The fraction of sp³-hybridized carbons (Fsp3) is 0.286. The molecule has 1 heterocycles. The number of hydrogen-bond acceptors (Lipinski definition) is 6. The van der Waals surface area contributed by atoms with Gasteiger partial charge in [-0.3, -0.25) is 10.1 Å². The minimum Gasteiger partial charge on any atom is -0.368 e. The Hall–Kier alpha value is -2.70. The average molecular weight is 285 g/mol. The zero-order valence-corrected chi connectivity index (χ0v) is 11.5. The summed E-state index contributed by atoms with van der Waals surface area (Å²) in [6, 6.07) is 8.20. The number of hydrogen-bond donors (Lipinski definition) is 2. The van der Waals surface area contributed by atoms with Crippen LogP contribution in [0.15, 0.2) is 24.3 Å². The highest BCUT2D eigenvalue weighted by Crippen LogP contribution is 2.35. The van der Waals surface area contributed by atoms with Crippen molar-refractivity contribution in [2.75, 3.05) is 17.6 Å². The number of aromatic nitrogens is 2. The van der Waals surface area contributed by atoms with E-state index in [4.69, 9.17) is 5.73 Å². The largest absolute Gasteiger partial charge is 0.368 e. The van der Waals surface area contributed by atoms with Crippen molar-refractivity contribution in [3.05, 3.63) is 51.2 Å². The summed E-state index contributed by atoms with van der Waals surface area (Å²) >= 11 is 0. The second kappa shape index (κ2) is 5.01. The third-order valence-corrected chi connectivity index (χ3v) is 3.74. The molecule has 1 aromatic heterocycles. The van der Waals surface area contributed by atoms with Crippen molar-refractivity contribution in [1.29, 1.82) is 0 Å². The van der Waals surface area contributed by atoms with Gasteiger partial charge in [0.2, 0.25) is 11.8 Å². The average Bonchev–Trinajstić information content (AvgIpc) is 2.38. The van der Waals surface area contributed by atoms with E-state index in [0.29, 0.717) is 12.5 Å². The molecule has 1 aromatic carbocycles. The molecule has 1 unspecified atom stereocenters. The predicted molar refractivity (Wildman–Crippen MR) is 79.2 cm³/mol. The van der Waals surface area contributed by atoms with Gasteiger partial charge in [0, 0.05) is 12.5 Å². The lowest BCUT2D eigenvalue weighted by atomic mass is 9.77. The van der Waals surface area contributed by atoms with Crippen LogP contribution in [0.25, 0.3) is 0 Å². The Balaban J connectivity index is 1.79. The molecular weight excluding hydrogens is 270 g/mol. The van der Waals surface area contributed by atoms with E-state index in [1.165, 1.54) is 11.1 Å². The number of anilines is 2. The molecule has 0 saturated carbocycles. The number of aryl methyl sites for hydroxylation is 1. The number of rotatable bonds is 4. The summed E-state index contributed by atoms with van der Waals surface area (Å²) in [7, 11) is 0. The summed E-state index contributed by atoms with van der Waals surface area (Å²) in [4.78, 5) is 18.4. The van der Waals surface area contributed by atoms with Crippen molar-refractivity contribution >= 4 is 17.5 Å². The SMILES string of the molecule is Cc1nc(N)nc(NCC2Cc3ccccc32)c1[N+](=O)[O-].